The number of rotatable bonds is 4. The minimum Gasteiger partial charge on any atom is -0.486 e. The van der Waals surface area contributed by atoms with Gasteiger partial charge in [0.2, 0.25) is 0 Å². The monoisotopic (exact) mass is 291 g/mol. The number of fused-ring (bicyclic) bond motifs is 1. The average Bonchev–Trinajstić information content (AvgIpc) is 2.89. The molecule has 0 saturated heterocycles. The van der Waals surface area contributed by atoms with Crippen molar-refractivity contribution in [2.45, 2.75) is 19.4 Å². The van der Waals surface area contributed by atoms with E-state index in [9.17, 15) is 0 Å². The number of nitrogens with one attached hydrogen (secondary N) is 1. The molecule has 0 bridgehead atoms. The van der Waals surface area contributed by atoms with E-state index >= 15 is 0 Å². The van der Waals surface area contributed by atoms with Crippen molar-refractivity contribution in [3.05, 3.63) is 39.8 Å². The minimum absolute atomic E-state index is 0.0105. The Morgan fingerprint density at radius 3 is 2.85 bits per heavy atom. The highest BCUT2D eigenvalue weighted by Crippen LogP contribution is 2.33. The molecule has 1 aliphatic rings. The molecule has 1 unspecified atom stereocenters. The summed E-state index contributed by atoms with van der Waals surface area (Å²) >= 11 is 1.65. The zero-order chi connectivity index (χ0) is 13.9. The Hall–Kier alpha value is -1.63. The van der Waals surface area contributed by atoms with E-state index in [1.807, 2.05) is 30.5 Å². The smallest absolute Gasteiger partial charge is 0.161 e. The van der Waals surface area contributed by atoms with Crippen LogP contribution in [-0.2, 0) is 6.42 Å². The molecule has 0 radical (unpaired) electrons. The van der Waals surface area contributed by atoms with Crippen LogP contribution in [0.2, 0.25) is 0 Å². The van der Waals surface area contributed by atoms with Gasteiger partial charge in [0, 0.05) is 17.5 Å². The van der Waals surface area contributed by atoms with Gasteiger partial charge >= 0.3 is 0 Å². The van der Waals surface area contributed by atoms with E-state index in [0.717, 1.165) is 34.2 Å². The van der Waals surface area contributed by atoms with Gasteiger partial charge in [-0.25, -0.2) is 4.98 Å². The first kappa shape index (κ1) is 13.4. The second-order valence-corrected chi connectivity index (χ2v) is 5.65. The summed E-state index contributed by atoms with van der Waals surface area (Å²) in [5.41, 5.74) is 4.97. The van der Waals surface area contributed by atoms with Crippen LogP contribution in [0.25, 0.3) is 0 Å². The highest BCUT2D eigenvalue weighted by atomic mass is 32.1. The molecule has 0 aliphatic carbocycles. The quantitative estimate of drug-likeness (QED) is 0.666. The number of ether oxygens (including phenoxy) is 2. The van der Waals surface area contributed by atoms with E-state index in [1.54, 1.807) is 11.3 Å². The van der Waals surface area contributed by atoms with Gasteiger partial charge in [0.1, 0.15) is 13.2 Å². The van der Waals surface area contributed by atoms with Gasteiger partial charge in [-0.3, -0.25) is 11.3 Å². The number of thiazole rings is 1. The van der Waals surface area contributed by atoms with E-state index < -0.39 is 0 Å². The molecule has 3 rings (SSSR count). The molecule has 3 N–H and O–H groups in total. The van der Waals surface area contributed by atoms with Crippen molar-refractivity contribution in [1.29, 1.82) is 0 Å². The molecular weight excluding hydrogens is 274 g/mol. The largest absolute Gasteiger partial charge is 0.486 e. The fraction of sp³-hybridized carbons (Fsp3) is 0.357. The molecule has 5 nitrogen and oxygen atoms in total. The predicted molar refractivity (Wildman–Crippen MR) is 78.1 cm³/mol. The maximum atomic E-state index is 5.69. The Balaban J connectivity index is 1.81. The highest BCUT2D eigenvalue weighted by molar-refractivity contribution is 7.09. The number of hydrazine groups is 1. The van der Waals surface area contributed by atoms with Crippen molar-refractivity contribution < 1.29 is 9.47 Å². The van der Waals surface area contributed by atoms with Gasteiger partial charge in [0.15, 0.2) is 11.5 Å². The van der Waals surface area contributed by atoms with Gasteiger partial charge in [0.05, 0.1) is 11.0 Å². The first-order valence-corrected chi connectivity index (χ1v) is 7.41. The number of aryl methyl sites for hydroxylation is 1. The molecule has 1 atom stereocenters. The first-order chi connectivity index (χ1) is 9.76. The van der Waals surface area contributed by atoms with Crippen molar-refractivity contribution in [1.82, 2.24) is 10.4 Å². The lowest BCUT2D eigenvalue weighted by molar-refractivity contribution is 0.171. The molecule has 20 heavy (non-hydrogen) atoms. The molecule has 106 valence electrons. The lowest BCUT2D eigenvalue weighted by Gasteiger charge is -2.21. The van der Waals surface area contributed by atoms with Crippen LogP contribution in [-0.4, -0.2) is 18.2 Å². The maximum absolute atomic E-state index is 5.69. The summed E-state index contributed by atoms with van der Waals surface area (Å²) in [5.74, 6) is 7.26. The van der Waals surface area contributed by atoms with E-state index in [4.69, 9.17) is 15.3 Å². The van der Waals surface area contributed by atoms with Crippen molar-refractivity contribution in [2.24, 2.45) is 5.84 Å². The van der Waals surface area contributed by atoms with Gasteiger partial charge in [-0.15, -0.1) is 11.3 Å². The Morgan fingerprint density at radius 1 is 1.35 bits per heavy atom. The molecule has 1 aromatic heterocycles. The Kier molecular flexibility index (Phi) is 3.86. The van der Waals surface area contributed by atoms with Gasteiger partial charge in [0.25, 0.3) is 0 Å². The number of nitrogens with two attached hydrogens (primary N) is 1. The average molecular weight is 291 g/mol. The van der Waals surface area contributed by atoms with Crippen LogP contribution in [0.3, 0.4) is 0 Å². The van der Waals surface area contributed by atoms with Crippen molar-refractivity contribution in [3.63, 3.8) is 0 Å². The fourth-order valence-electron chi connectivity index (χ4n) is 2.22. The summed E-state index contributed by atoms with van der Waals surface area (Å²) in [6, 6.07) is 5.94. The number of hydrogen-bond donors (Lipinski definition) is 2. The summed E-state index contributed by atoms with van der Waals surface area (Å²) < 4.78 is 11.1. The zero-order valence-electron chi connectivity index (χ0n) is 11.3. The SMILES string of the molecule is Cc1csc(CC(NN)c2ccc3c(c2)OCCO3)n1. The van der Waals surface area contributed by atoms with Crippen molar-refractivity contribution in [3.8, 4) is 11.5 Å². The second-order valence-electron chi connectivity index (χ2n) is 4.71. The number of hydrogen-bond acceptors (Lipinski definition) is 6. The van der Waals surface area contributed by atoms with Gasteiger partial charge in [-0.2, -0.15) is 0 Å². The van der Waals surface area contributed by atoms with Gasteiger partial charge < -0.3 is 9.47 Å². The maximum Gasteiger partial charge on any atom is 0.161 e. The van der Waals surface area contributed by atoms with E-state index in [2.05, 4.69) is 10.4 Å². The summed E-state index contributed by atoms with van der Waals surface area (Å²) in [5, 5.41) is 3.12. The summed E-state index contributed by atoms with van der Waals surface area (Å²) in [7, 11) is 0. The molecule has 0 spiro atoms. The summed E-state index contributed by atoms with van der Waals surface area (Å²) in [6.07, 6.45) is 0.759. The molecule has 1 aromatic carbocycles. The molecular formula is C14H17N3O2S. The number of aromatic nitrogens is 1. The van der Waals surface area contributed by atoms with Crippen LogP contribution in [0.5, 0.6) is 11.5 Å². The molecule has 2 aromatic rings. The molecule has 1 aliphatic heterocycles. The summed E-state index contributed by atoms with van der Waals surface area (Å²) in [4.78, 5) is 4.48. The molecule has 0 saturated carbocycles. The van der Waals surface area contributed by atoms with Gasteiger partial charge in [-0.05, 0) is 24.6 Å². The fourth-order valence-corrected chi connectivity index (χ4v) is 3.04. The molecule has 2 heterocycles. The third-order valence-corrected chi connectivity index (χ3v) is 4.20. The standard InChI is InChI=1S/C14H17N3O2S/c1-9-8-20-14(16-9)7-11(17-15)10-2-3-12-13(6-10)19-5-4-18-12/h2-3,6,8,11,17H,4-5,7,15H2,1H3. The topological polar surface area (TPSA) is 69.4 Å². The van der Waals surface area contributed by atoms with E-state index in [1.165, 1.54) is 0 Å². The van der Waals surface area contributed by atoms with E-state index in [0.29, 0.717) is 13.2 Å². The Morgan fingerprint density at radius 2 is 2.15 bits per heavy atom. The zero-order valence-corrected chi connectivity index (χ0v) is 12.1. The predicted octanol–water partition coefficient (Wildman–Crippen LogP) is 1.97. The van der Waals surface area contributed by atoms with Crippen LogP contribution >= 0.6 is 11.3 Å². The number of nitrogens with zero attached hydrogens (tertiary/aromatic N) is 1. The molecule has 0 amide bonds. The minimum atomic E-state index is 0.0105. The Bertz CT molecular complexity index is 600. The molecule has 0 fully saturated rings. The van der Waals surface area contributed by atoms with Crippen LogP contribution in [0, 0.1) is 6.92 Å². The third-order valence-electron chi connectivity index (χ3n) is 3.22. The Labute approximate surface area is 121 Å². The van der Waals surface area contributed by atoms with Crippen LogP contribution in [0.15, 0.2) is 23.6 Å². The van der Waals surface area contributed by atoms with Crippen molar-refractivity contribution >= 4 is 11.3 Å². The highest BCUT2D eigenvalue weighted by Gasteiger charge is 2.17. The van der Waals surface area contributed by atoms with Crippen LogP contribution in [0.4, 0.5) is 0 Å². The first-order valence-electron chi connectivity index (χ1n) is 6.53. The normalized spacial score (nSPS) is 15.1. The lowest BCUT2D eigenvalue weighted by Crippen LogP contribution is -2.29. The van der Waals surface area contributed by atoms with Gasteiger partial charge in [-0.1, -0.05) is 6.07 Å². The molecule has 6 heteroatoms. The van der Waals surface area contributed by atoms with Crippen LogP contribution in [0.1, 0.15) is 22.3 Å². The van der Waals surface area contributed by atoms with Crippen LogP contribution < -0.4 is 20.7 Å². The summed E-state index contributed by atoms with van der Waals surface area (Å²) in [6.45, 7) is 3.18. The lowest BCUT2D eigenvalue weighted by atomic mass is 10.0. The van der Waals surface area contributed by atoms with Crippen molar-refractivity contribution in [2.75, 3.05) is 13.2 Å². The number of benzene rings is 1. The van der Waals surface area contributed by atoms with E-state index in [-0.39, 0.29) is 6.04 Å². The second kappa shape index (κ2) is 5.78. The third kappa shape index (κ3) is 2.77.